The van der Waals surface area contributed by atoms with Crippen LogP contribution < -0.4 is 5.32 Å². The Morgan fingerprint density at radius 2 is 1.91 bits per heavy atom. The van der Waals surface area contributed by atoms with Gasteiger partial charge in [-0.1, -0.05) is 39.0 Å². The Morgan fingerprint density at radius 1 is 1.11 bits per heavy atom. The lowest BCUT2D eigenvalue weighted by Gasteiger charge is -2.32. The fourth-order valence-corrected chi connectivity index (χ4v) is 4.87. The number of hydrogen-bond acceptors (Lipinski definition) is 6. The number of piperidine rings is 1. The molecule has 7 nitrogen and oxygen atoms in total. The van der Waals surface area contributed by atoms with Crippen molar-refractivity contribution in [2.24, 2.45) is 17.0 Å². The number of aliphatic imine (C=N–C) groups is 2. The first-order chi connectivity index (χ1) is 16.8. The van der Waals surface area contributed by atoms with E-state index in [1.54, 1.807) is 0 Å². The molecule has 184 valence electrons. The van der Waals surface area contributed by atoms with Crippen LogP contribution >= 0.6 is 0 Å². The lowest BCUT2D eigenvalue weighted by Crippen LogP contribution is -2.38. The van der Waals surface area contributed by atoms with Crippen LogP contribution in [0.1, 0.15) is 69.0 Å². The third-order valence-electron chi connectivity index (χ3n) is 7.11. The summed E-state index contributed by atoms with van der Waals surface area (Å²) < 4.78 is 2.04. The van der Waals surface area contributed by atoms with Gasteiger partial charge in [0.05, 0.1) is 18.6 Å². The van der Waals surface area contributed by atoms with Gasteiger partial charge in [-0.25, -0.2) is 9.98 Å². The molecule has 5 rings (SSSR count). The summed E-state index contributed by atoms with van der Waals surface area (Å²) in [5, 5.41) is 3.66. The van der Waals surface area contributed by atoms with E-state index < -0.39 is 0 Å². The van der Waals surface area contributed by atoms with Gasteiger partial charge in [-0.2, -0.15) is 4.99 Å². The quantitative estimate of drug-likeness (QED) is 0.552. The van der Waals surface area contributed by atoms with Crippen LogP contribution in [0.5, 0.6) is 0 Å². The lowest BCUT2D eigenvalue weighted by atomic mass is 9.86. The number of rotatable bonds is 2. The molecule has 1 aromatic carbocycles. The van der Waals surface area contributed by atoms with Crippen LogP contribution in [-0.2, 0) is 19.0 Å². The fraction of sp³-hybridized carbons (Fsp3) is 0.429. The summed E-state index contributed by atoms with van der Waals surface area (Å²) in [6.45, 7) is 11.2. The molecule has 0 spiro atoms. The van der Waals surface area contributed by atoms with E-state index in [2.05, 4.69) is 72.1 Å². The van der Waals surface area contributed by atoms with Gasteiger partial charge in [0.25, 0.3) is 0 Å². The number of imidazole rings is 1. The molecule has 4 heterocycles. The van der Waals surface area contributed by atoms with E-state index in [1.165, 1.54) is 16.7 Å². The van der Waals surface area contributed by atoms with Crippen LogP contribution in [-0.4, -0.2) is 44.3 Å². The van der Waals surface area contributed by atoms with Gasteiger partial charge >= 0.3 is 0 Å². The minimum atomic E-state index is 0. The van der Waals surface area contributed by atoms with Gasteiger partial charge in [0.2, 0.25) is 5.96 Å². The Bertz CT molecular complexity index is 1260. The summed E-state index contributed by atoms with van der Waals surface area (Å²) in [5.74, 6) is 2.13. The zero-order valence-electron chi connectivity index (χ0n) is 21.4. The number of hydrogen-bond donors (Lipinski definition) is 1. The van der Waals surface area contributed by atoms with Crippen LogP contribution in [0.3, 0.4) is 0 Å². The maximum Gasteiger partial charge on any atom is 0.223 e. The molecule has 0 atom stereocenters. The van der Waals surface area contributed by atoms with Gasteiger partial charge in [-0.15, -0.1) is 0 Å². The largest absolute Gasteiger partial charge is 0.341 e. The second-order valence-electron chi connectivity index (χ2n) is 10.7. The van der Waals surface area contributed by atoms with Crippen LogP contribution in [0, 0.1) is 6.92 Å². The molecule has 0 amide bonds. The summed E-state index contributed by atoms with van der Waals surface area (Å²) in [6, 6.07) is 10.9. The predicted molar refractivity (Wildman–Crippen MR) is 144 cm³/mol. The van der Waals surface area contributed by atoms with Crippen molar-refractivity contribution in [1.29, 1.82) is 0 Å². The molecule has 0 bridgehead atoms. The van der Waals surface area contributed by atoms with Crippen molar-refractivity contribution in [2.45, 2.75) is 58.4 Å². The molecule has 1 N–H and O–H groups in total. The van der Waals surface area contributed by atoms with E-state index >= 15 is 0 Å². The second kappa shape index (κ2) is 9.29. The molecule has 2 aliphatic rings. The number of aryl methyl sites for hydroxylation is 2. The Labute approximate surface area is 209 Å². The predicted octanol–water partition coefficient (Wildman–Crippen LogP) is 5.27. The Hall–Kier alpha value is -3.48. The number of fused-ring (bicyclic) bond motifs is 1. The van der Waals surface area contributed by atoms with E-state index in [-0.39, 0.29) is 6.84 Å². The second-order valence-corrected chi connectivity index (χ2v) is 10.7. The SMILES string of the molecule is Cc1ccc(C(C)(C)C)cc1NC1=NC(N2CCC(c3cccnc3)CC2)=NCc2ncn(C)c21.[HH]. The number of nitrogens with one attached hydrogen (secondary N) is 1. The van der Waals surface area contributed by atoms with E-state index in [1.807, 2.05) is 36.4 Å². The highest BCUT2D eigenvalue weighted by Crippen LogP contribution is 2.30. The number of likely N-dealkylation sites (tertiary alicyclic amines) is 1. The summed E-state index contributed by atoms with van der Waals surface area (Å²) in [5.41, 5.74) is 6.88. The van der Waals surface area contributed by atoms with Crippen molar-refractivity contribution in [2.75, 3.05) is 18.4 Å². The first kappa shape index (κ1) is 23.3. The highest BCUT2D eigenvalue weighted by molar-refractivity contribution is 6.13. The number of benzene rings is 1. The minimum absolute atomic E-state index is 0. The first-order valence-corrected chi connectivity index (χ1v) is 12.5. The smallest absolute Gasteiger partial charge is 0.223 e. The fourth-order valence-electron chi connectivity index (χ4n) is 4.87. The number of nitrogens with zero attached hydrogens (tertiary/aromatic N) is 6. The molecule has 2 aromatic heterocycles. The molecule has 35 heavy (non-hydrogen) atoms. The highest BCUT2D eigenvalue weighted by atomic mass is 15.3. The van der Waals surface area contributed by atoms with Gasteiger partial charge < -0.3 is 14.8 Å². The van der Waals surface area contributed by atoms with Gasteiger partial charge in [0.15, 0.2) is 5.84 Å². The topological polar surface area (TPSA) is 70.7 Å². The van der Waals surface area contributed by atoms with Crippen molar-refractivity contribution < 1.29 is 1.43 Å². The maximum atomic E-state index is 5.11. The van der Waals surface area contributed by atoms with Crippen LogP contribution in [0.15, 0.2) is 59.0 Å². The number of guanidine groups is 1. The monoisotopic (exact) mass is 471 g/mol. The van der Waals surface area contributed by atoms with Crippen molar-refractivity contribution in [1.82, 2.24) is 19.4 Å². The van der Waals surface area contributed by atoms with Gasteiger partial charge in [0.1, 0.15) is 5.69 Å². The van der Waals surface area contributed by atoms with Crippen LogP contribution in [0.2, 0.25) is 0 Å². The molecule has 1 fully saturated rings. The van der Waals surface area contributed by atoms with Crippen LogP contribution in [0.4, 0.5) is 5.69 Å². The summed E-state index contributed by atoms with van der Waals surface area (Å²) in [7, 11) is 2.02. The molecule has 1 saturated heterocycles. The van der Waals surface area contributed by atoms with Crippen molar-refractivity contribution in [3.8, 4) is 0 Å². The molecular formula is C28H37N7. The first-order valence-electron chi connectivity index (χ1n) is 12.5. The van der Waals surface area contributed by atoms with E-state index in [9.17, 15) is 0 Å². The molecule has 7 heteroatoms. The molecule has 0 unspecified atom stereocenters. The molecular weight excluding hydrogens is 434 g/mol. The standard InChI is InChI=1S/C28H35N7.H2/c1-19-8-9-22(28(2,3)4)15-23(19)32-26-25-24(31-18-34(25)5)17-30-27(33-26)35-13-10-20(11-14-35)21-7-6-12-29-16-21;/h6-9,12,15-16,18,20H,10-11,13-14,17H2,1-5H3,(H,30,32,33);1H. The van der Waals surface area contributed by atoms with Crippen molar-refractivity contribution in [3.05, 3.63) is 77.1 Å². The molecule has 3 aromatic rings. The van der Waals surface area contributed by atoms with E-state index in [4.69, 9.17) is 9.98 Å². The van der Waals surface area contributed by atoms with E-state index in [0.717, 1.165) is 54.8 Å². The van der Waals surface area contributed by atoms with E-state index in [0.29, 0.717) is 12.5 Å². The van der Waals surface area contributed by atoms with Gasteiger partial charge in [-0.05, 0) is 59.9 Å². The summed E-state index contributed by atoms with van der Waals surface area (Å²) in [6.07, 6.45) is 7.83. The van der Waals surface area contributed by atoms with Gasteiger partial charge in [-0.3, -0.25) is 4.98 Å². The van der Waals surface area contributed by atoms with Gasteiger partial charge in [0, 0.05) is 39.6 Å². The Morgan fingerprint density at radius 3 is 2.63 bits per heavy atom. The molecule has 0 saturated carbocycles. The minimum Gasteiger partial charge on any atom is -0.341 e. The number of anilines is 1. The normalized spacial score (nSPS) is 16.9. The number of amidine groups is 1. The zero-order chi connectivity index (χ0) is 24.6. The third-order valence-corrected chi connectivity index (χ3v) is 7.11. The summed E-state index contributed by atoms with van der Waals surface area (Å²) >= 11 is 0. The number of pyridine rings is 1. The Kier molecular flexibility index (Phi) is 6.17. The lowest BCUT2D eigenvalue weighted by molar-refractivity contribution is 0.309. The zero-order valence-corrected chi connectivity index (χ0v) is 21.4. The maximum absolute atomic E-state index is 5.11. The molecule has 2 aliphatic heterocycles. The summed E-state index contributed by atoms with van der Waals surface area (Å²) in [4.78, 5) is 21.3. The third kappa shape index (κ3) is 4.85. The van der Waals surface area contributed by atoms with Crippen molar-refractivity contribution in [3.63, 3.8) is 0 Å². The average molecular weight is 472 g/mol. The average Bonchev–Trinajstić information content (AvgIpc) is 3.11. The number of aromatic nitrogens is 3. The van der Waals surface area contributed by atoms with Crippen molar-refractivity contribution >= 4 is 17.5 Å². The molecule has 0 aliphatic carbocycles. The Balaban J connectivity index is 0.00000304. The van der Waals surface area contributed by atoms with Crippen LogP contribution in [0.25, 0.3) is 0 Å². The highest BCUT2D eigenvalue weighted by Gasteiger charge is 2.27. The molecule has 0 radical (unpaired) electrons.